The number of carboxylic acid groups (broad SMARTS) is 1. The molecule has 1 aromatic heterocycles. The van der Waals surface area contributed by atoms with Crippen molar-refractivity contribution < 1.29 is 14.6 Å². The van der Waals surface area contributed by atoms with Gasteiger partial charge < -0.3 is 15.2 Å². The molecular weight excluding hydrogens is 426 g/mol. The molecule has 0 unspecified atom stereocenters. The minimum absolute atomic E-state index is 0.337. The predicted octanol–water partition coefficient (Wildman–Crippen LogP) is 5.93. The summed E-state index contributed by atoms with van der Waals surface area (Å²) < 4.78 is 6.21. The fourth-order valence-electron chi connectivity index (χ4n) is 2.86. The lowest BCUT2D eigenvalue weighted by Crippen LogP contribution is -2.07. The highest BCUT2D eigenvalue weighted by atomic mass is 79.9. The van der Waals surface area contributed by atoms with Crippen molar-refractivity contribution in [2.24, 2.45) is 0 Å². The van der Waals surface area contributed by atoms with Gasteiger partial charge in [-0.25, -0.2) is 4.79 Å². The predicted molar refractivity (Wildman–Crippen MR) is 114 cm³/mol. The summed E-state index contributed by atoms with van der Waals surface area (Å²) in [4.78, 5) is 11.8. The molecular formula is C21H20BrNO3S. The molecule has 0 saturated carbocycles. The third-order valence-electron chi connectivity index (χ3n) is 4.22. The Kier molecular flexibility index (Phi) is 6.53. The zero-order valence-electron chi connectivity index (χ0n) is 14.9. The van der Waals surface area contributed by atoms with Gasteiger partial charge in [-0.1, -0.05) is 40.2 Å². The number of aromatic carboxylic acids is 1. The third-order valence-corrected chi connectivity index (χ3v) is 5.69. The number of nitrogens with one attached hydrogen (secondary N) is 1. The first-order valence-electron chi connectivity index (χ1n) is 8.56. The summed E-state index contributed by atoms with van der Waals surface area (Å²) in [6, 6.07) is 15.7. The lowest BCUT2D eigenvalue weighted by atomic mass is 10.0. The van der Waals surface area contributed by atoms with Crippen LogP contribution in [0.5, 0.6) is 5.75 Å². The number of aryl methyl sites for hydroxylation is 1. The van der Waals surface area contributed by atoms with E-state index in [4.69, 9.17) is 4.74 Å². The summed E-state index contributed by atoms with van der Waals surface area (Å²) in [6.45, 7) is 0.706. The molecule has 3 rings (SSSR count). The Hall–Kier alpha value is -2.31. The molecule has 0 aliphatic rings. The van der Waals surface area contributed by atoms with Gasteiger partial charge in [-0.3, -0.25) is 0 Å². The lowest BCUT2D eigenvalue weighted by Gasteiger charge is -2.08. The van der Waals surface area contributed by atoms with E-state index in [1.54, 1.807) is 7.11 Å². The average molecular weight is 446 g/mol. The normalized spacial score (nSPS) is 10.6. The minimum Gasteiger partial charge on any atom is -0.497 e. The van der Waals surface area contributed by atoms with Crippen LogP contribution in [-0.4, -0.2) is 24.7 Å². The fraction of sp³-hybridized carbons (Fsp3) is 0.190. The van der Waals surface area contributed by atoms with Crippen molar-refractivity contribution in [2.45, 2.75) is 12.8 Å². The first-order chi connectivity index (χ1) is 13.1. The highest BCUT2D eigenvalue weighted by molar-refractivity contribution is 9.10. The molecule has 4 nitrogen and oxygen atoms in total. The monoisotopic (exact) mass is 445 g/mol. The van der Waals surface area contributed by atoms with Crippen LogP contribution < -0.4 is 10.1 Å². The van der Waals surface area contributed by atoms with E-state index in [1.165, 1.54) is 16.9 Å². The topological polar surface area (TPSA) is 58.6 Å². The number of hydrogen-bond acceptors (Lipinski definition) is 4. The van der Waals surface area contributed by atoms with Gasteiger partial charge in [0.1, 0.15) is 16.3 Å². The number of carbonyl (C=O) groups is 1. The number of halogens is 1. The maximum Gasteiger partial charge on any atom is 0.339 e. The highest BCUT2D eigenvalue weighted by Crippen LogP contribution is 2.36. The first-order valence-corrected chi connectivity index (χ1v) is 10.2. The van der Waals surface area contributed by atoms with E-state index >= 15 is 0 Å². The van der Waals surface area contributed by atoms with Gasteiger partial charge in [0, 0.05) is 22.0 Å². The van der Waals surface area contributed by atoms with Crippen LogP contribution in [0.25, 0.3) is 11.1 Å². The third kappa shape index (κ3) is 4.90. The second-order valence-electron chi connectivity index (χ2n) is 6.05. The van der Waals surface area contributed by atoms with Crippen LogP contribution in [0.3, 0.4) is 0 Å². The van der Waals surface area contributed by atoms with Gasteiger partial charge in [-0.2, -0.15) is 0 Å². The second kappa shape index (κ2) is 9.06. The summed E-state index contributed by atoms with van der Waals surface area (Å²) in [5, 5.41) is 15.6. The van der Waals surface area contributed by atoms with Crippen molar-refractivity contribution in [3.8, 4) is 16.9 Å². The molecule has 0 aliphatic carbocycles. The Bertz CT molecular complexity index is 921. The van der Waals surface area contributed by atoms with Crippen molar-refractivity contribution in [3.05, 3.63) is 69.5 Å². The van der Waals surface area contributed by atoms with E-state index in [2.05, 4.69) is 27.3 Å². The van der Waals surface area contributed by atoms with E-state index < -0.39 is 5.97 Å². The van der Waals surface area contributed by atoms with E-state index in [-0.39, 0.29) is 0 Å². The van der Waals surface area contributed by atoms with Gasteiger partial charge in [0.15, 0.2) is 0 Å². The molecule has 0 atom stereocenters. The van der Waals surface area contributed by atoms with E-state index in [0.29, 0.717) is 17.1 Å². The van der Waals surface area contributed by atoms with Crippen LogP contribution >= 0.6 is 27.3 Å². The van der Waals surface area contributed by atoms with Crippen LogP contribution in [0.4, 0.5) is 5.00 Å². The van der Waals surface area contributed by atoms with E-state index in [9.17, 15) is 9.90 Å². The molecule has 2 aromatic carbocycles. The summed E-state index contributed by atoms with van der Waals surface area (Å²) in [7, 11) is 1.66. The minimum atomic E-state index is -0.913. The zero-order chi connectivity index (χ0) is 19.2. The molecule has 0 spiro atoms. The van der Waals surface area contributed by atoms with Gasteiger partial charge in [-0.15, -0.1) is 11.3 Å². The second-order valence-corrected chi connectivity index (χ2v) is 7.84. The maximum atomic E-state index is 11.8. The smallest absolute Gasteiger partial charge is 0.339 e. The largest absolute Gasteiger partial charge is 0.497 e. The number of hydrogen-bond donors (Lipinski definition) is 2. The molecule has 0 bridgehead atoms. The molecule has 0 radical (unpaired) electrons. The van der Waals surface area contributed by atoms with E-state index in [1.807, 2.05) is 47.8 Å². The molecule has 0 fully saturated rings. The van der Waals surface area contributed by atoms with Crippen molar-refractivity contribution in [2.75, 3.05) is 19.0 Å². The van der Waals surface area contributed by atoms with Crippen molar-refractivity contribution >= 4 is 38.2 Å². The van der Waals surface area contributed by atoms with Crippen LogP contribution in [-0.2, 0) is 6.42 Å². The summed E-state index contributed by atoms with van der Waals surface area (Å²) in [6.07, 6.45) is 1.80. The quantitative estimate of drug-likeness (QED) is 0.421. The Labute approximate surface area is 170 Å². The molecule has 3 aromatic rings. The number of ether oxygens (including phenoxy) is 1. The first kappa shape index (κ1) is 19.5. The Morgan fingerprint density at radius 3 is 2.70 bits per heavy atom. The number of benzene rings is 2. The van der Waals surface area contributed by atoms with Crippen molar-refractivity contribution in [1.82, 2.24) is 0 Å². The standard InChI is InChI=1S/C21H20BrNO3S/c1-26-17-6-2-4-14(12-17)5-3-11-23-20-19(21(24)25)18(13-27-20)15-7-9-16(22)10-8-15/h2,4,6-10,12-13,23H,3,5,11H2,1H3,(H,24,25). The summed E-state index contributed by atoms with van der Waals surface area (Å²) in [5.74, 6) is -0.0597. The van der Waals surface area contributed by atoms with Gasteiger partial charge in [0.05, 0.1) is 7.11 Å². The Balaban J connectivity index is 1.66. The molecule has 6 heteroatoms. The van der Waals surface area contributed by atoms with Crippen LogP contribution in [0.1, 0.15) is 22.3 Å². The van der Waals surface area contributed by atoms with Gasteiger partial charge >= 0.3 is 5.97 Å². The Morgan fingerprint density at radius 1 is 1.22 bits per heavy atom. The molecule has 140 valence electrons. The highest BCUT2D eigenvalue weighted by Gasteiger charge is 2.19. The van der Waals surface area contributed by atoms with E-state index in [0.717, 1.165) is 34.2 Å². The number of anilines is 1. The van der Waals surface area contributed by atoms with Crippen LogP contribution in [0.2, 0.25) is 0 Å². The summed E-state index contributed by atoms with van der Waals surface area (Å²) in [5.41, 5.74) is 3.19. The van der Waals surface area contributed by atoms with Crippen molar-refractivity contribution in [1.29, 1.82) is 0 Å². The number of carboxylic acids is 1. The zero-order valence-corrected chi connectivity index (χ0v) is 17.3. The number of rotatable bonds is 8. The average Bonchev–Trinajstić information content (AvgIpc) is 3.10. The maximum absolute atomic E-state index is 11.8. The number of thiophene rings is 1. The lowest BCUT2D eigenvalue weighted by molar-refractivity contribution is 0.0699. The summed E-state index contributed by atoms with van der Waals surface area (Å²) >= 11 is 4.84. The SMILES string of the molecule is COc1cccc(CCCNc2scc(-c3ccc(Br)cc3)c2C(=O)O)c1. The van der Waals surface area contributed by atoms with Gasteiger partial charge in [-0.05, 0) is 48.2 Å². The molecule has 2 N–H and O–H groups in total. The van der Waals surface area contributed by atoms with Crippen LogP contribution in [0, 0.1) is 0 Å². The molecule has 0 aliphatic heterocycles. The Morgan fingerprint density at radius 2 is 2.00 bits per heavy atom. The molecule has 0 saturated heterocycles. The molecule has 1 heterocycles. The number of methoxy groups -OCH3 is 1. The van der Waals surface area contributed by atoms with Crippen LogP contribution in [0.15, 0.2) is 58.4 Å². The fourth-order valence-corrected chi connectivity index (χ4v) is 4.12. The molecule has 0 amide bonds. The molecule has 27 heavy (non-hydrogen) atoms. The van der Waals surface area contributed by atoms with Gasteiger partial charge in [0.25, 0.3) is 0 Å². The van der Waals surface area contributed by atoms with Gasteiger partial charge in [0.2, 0.25) is 0 Å². The van der Waals surface area contributed by atoms with Crippen molar-refractivity contribution in [3.63, 3.8) is 0 Å².